The Kier molecular flexibility index (Phi) is 6.21. The number of carbonyl (C=O) groups is 1. The van der Waals surface area contributed by atoms with Crippen LogP contribution in [0, 0.1) is 13.8 Å². The van der Waals surface area contributed by atoms with E-state index in [1.54, 1.807) is 25.3 Å². The maximum atomic E-state index is 11.8. The molecule has 0 saturated carbocycles. The number of amides is 1. The number of aryl methyl sites for hydroxylation is 2. The van der Waals surface area contributed by atoms with Crippen LogP contribution < -0.4 is 14.9 Å². The van der Waals surface area contributed by atoms with Gasteiger partial charge in [-0.15, -0.1) is 0 Å². The summed E-state index contributed by atoms with van der Waals surface area (Å²) in [4.78, 5) is 11.8. The predicted molar refractivity (Wildman–Crippen MR) is 95.2 cm³/mol. The number of rotatable bonds is 6. The fourth-order valence-corrected chi connectivity index (χ4v) is 2.40. The molecule has 1 N–H and O–H groups in total. The first-order valence-corrected chi connectivity index (χ1v) is 7.73. The molecule has 2 aromatic carbocycles. The normalized spacial score (nSPS) is 10.7. The molecule has 0 aliphatic rings. The van der Waals surface area contributed by atoms with Crippen molar-refractivity contribution in [2.45, 2.75) is 13.8 Å². The maximum absolute atomic E-state index is 11.8. The summed E-state index contributed by atoms with van der Waals surface area (Å²) in [5.41, 5.74) is 5.14. The summed E-state index contributed by atoms with van der Waals surface area (Å²) in [7, 11) is 1.55. The molecule has 0 heterocycles. The van der Waals surface area contributed by atoms with Gasteiger partial charge in [0.1, 0.15) is 11.5 Å². The number of carbonyl (C=O) groups excluding carboxylic acids is 1. The van der Waals surface area contributed by atoms with Crippen molar-refractivity contribution < 1.29 is 14.3 Å². The van der Waals surface area contributed by atoms with Crippen LogP contribution in [0.5, 0.6) is 11.5 Å². The first-order valence-electron chi connectivity index (χ1n) is 7.35. The van der Waals surface area contributed by atoms with Crippen LogP contribution >= 0.6 is 11.6 Å². The maximum Gasteiger partial charge on any atom is 0.277 e. The second-order valence-corrected chi connectivity index (χ2v) is 5.60. The molecule has 2 rings (SSSR count). The highest BCUT2D eigenvalue weighted by atomic mass is 35.5. The van der Waals surface area contributed by atoms with Gasteiger partial charge in [-0.1, -0.05) is 29.8 Å². The van der Waals surface area contributed by atoms with E-state index >= 15 is 0 Å². The molecule has 0 atom stereocenters. The summed E-state index contributed by atoms with van der Waals surface area (Å²) in [6, 6.07) is 11.0. The fourth-order valence-electron chi connectivity index (χ4n) is 2.14. The molecule has 24 heavy (non-hydrogen) atoms. The van der Waals surface area contributed by atoms with E-state index in [0.717, 1.165) is 22.4 Å². The molecule has 5 nitrogen and oxygen atoms in total. The number of hydrogen-bond acceptors (Lipinski definition) is 4. The number of hydrazone groups is 1. The second-order valence-electron chi connectivity index (χ2n) is 5.20. The molecule has 0 aliphatic heterocycles. The van der Waals surface area contributed by atoms with Crippen LogP contribution in [0.2, 0.25) is 5.02 Å². The van der Waals surface area contributed by atoms with Gasteiger partial charge < -0.3 is 9.47 Å². The average molecular weight is 347 g/mol. The third-order valence-electron chi connectivity index (χ3n) is 3.34. The van der Waals surface area contributed by atoms with E-state index in [2.05, 4.69) is 10.5 Å². The van der Waals surface area contributed by atoms with Gasteiger partial charge in [-0.3, -0.25) is 4.79 Å². The van der Waals surface area contributed by atoms with E-state index < -0.39 is 0 Å². The lowest BCUT2D eigenvalue weighted by molar-refractivity contribution is -0.123. The third kappa shape index (κ3) is 4.73. The molecule has 0 saturated heterocycles. The van der Waals surface area contributed by atoms with Crippen molar-refractivity contribution in [2.24, 2.45) is 5.10 Å². The minimum absolute atomic E-state index is 0.105. The van der Waals surface area contributed by atoms with Gasteiger partial charge in [-0.25, -0.2) is 5.43 Å². The first-order chi connectivity index (χ1) is 11.5. The topological polar surface area (TPSA) is 59.9 Å². The minimum Gasteiger partial charge on any atom is -0.495 e. The van der Waals surface area contributed by atoms with Crippen LogP contribution in [0.4, 0.5) is 0 Å². The molecule has 1 amide bonds. The summed E-state index contributed by atoms with van der Waals surface area (Å²) in [6.07, 6.45) is 1.50. The summed E-state index contributed by atoms with van der Waals surface area (Å²) < 4.78 is 10.6. The van der Waals surface area contributed by atoms with Crippen LogP contribution in [0.15, 0.2) is 41.5 Å². The Hall–Kier alpha value is -2.53. The van der Waals surface area contributed by atoms with Gasteiger partial charge in [0.2, 0.25) is 0 Å². The number of nitrogens with zero attached hydrogens (tertiary/aromatic N) is 1. The van der Waals surface area contributed by atoms with Crippen LogP contribution in [-0.2, 0) is 4.79 Å². The third-order valence-corrected chi connectivity index (χ3v) is 3.63. The summed E-state index contributed by atoms with van der Waals surface area (Å²) in [5.74, 6) is 0.965. The average Bonchev–Trinajstić information content (AvgIpc) is 2.54. The first kappa shape index (κ1) is 17.8. The van der Waals surface area contributed by atoms with Crippen molar-refractivity contribution in [3.8, 4) is 11.5 Å². The lowest BCUT2D eigenvalue weighted by Gasteiger charge is -2.10. The fraction of sp³-hybridized carbons (Fsp3) is 0.222. The minimum atomic E-state index is -0.339. The molecule has 0 aliphatic carbocycles. The molecular formula is C18H19ClN2O3. The van der Waals surface area contributed by atoms with E-state index in [1.807, 2.05) is 32.0 Å². The van der Waals surface area contributed by atoms with Crippen molar-refractivity contribution in [1.82, 2.24) is 5.43 Å². The van der Waals surface area contributed by atoms with Gasteiger partial charge >= 0.3 is 0 Å². The Balaban J connectivity index is 1.88. The standard InChI is InChI=1S/C18H19ClN2O3/c1-12-5-4-6-13(2)18(12)24-11-17(22)21-20-10-14-7-8-16(23-3)15(19)9-14/h4-10H,11H2,1-3H3,(H,21,22)/b20-10-. The van der Waals surface area contributed by atoms with Gasteiger partial charge in [0.25, 0.3) is 5.91 Å². The van der Waals surface area contributed by atoms with Crippen molar-refractivity contribution in [3.63, 3.8) is 0 Å². The number of nitrogens with one attached hydrogen (secondary N) is 1. The Morgan fingerprint density at radius 1 is 1.25 bits per heavy atom. The van der Waals surface area contributed by atoms with Gasteiger partial charge in [-0.2, -0.15) is 5.10 Å². The number of methoxy groups -OCH3 is 1. The van der Waals surface area contributed by atoms with E-state index in [9.17, 15) is 4.79 Å². The Morgan fingerprint density at radius 3 is 2.58 bits per heavy atom. The highest BCUT2D eigenvalue weighted by molar-refractivity contribution is 6.32. The van der Waals surface area contributed by atoms with Gasteiger partial charge in [0.15, 0.2) is 6.61 Å². The molecule has 6 heteroatoms. The van der Waals surface area contributed by atoms with Gasteiger partial charge in [0.05, 0.1) is 18.3 Å². The SMILES string of the molecule is COc1ccc(/C=N\NC(=O)COc2c(C)cccc2C)cc1Cl. The highest BCUT2D eigenvalue weighted by Gasteiger charge is 2.06. The Labute approximate surface area is 146 Å². The van der Waals surface area contributed by atoms with E-state index in [4.69, 9.17) is 21.1 Å². The number of benzene rings is 2. The lowest BCUT2D eigenvalue weighted by atomic mass is 10.1. The quantitative estimate of drug-likeness (QED) is 0.643. The van der Waals surface area contributed by atoms with E-state index in [0.29, 0.717) is 10.8 Å². The van der Waals surface area contributed by atoms with Gasteiger partial charge in [-0.05, 0) is 48.7 Å². The van der Waals surface area contributed by atoms with E-state index in [1.165, 1.54) is 6.21 Å². The lowest BCUT2D eigenvalue weighted by Crippen LogP contribution is -2.25. The van der Waals surface area contributed by atoms with Crippen molar-refractivity contribution in [3.05, 3.63) is 58.1 Å². The van der Waals surface area contributed by atoms with Crippen LogP contribution in [0.25, 0.3) is 0 Å². The Bertz CT molecular complexity index is 740. The number of halogens is 1. The Morgan fingerprint density at radius 2 is 1.96 bits per heavy atom. The predicted octanol–water partition coefficient (Wildman–Crippen LogP) is 3.49. The van der Waals surface area contributed by atoms with Crippen molar-refractivity contribution in [2.75, 3.05) is 13.7 Å². The summed E-state index contributed by atoms with van der Waals surface area (Å²) in [6.45, 7) is 3.77. The molecule has 0 aromatic heterocycles. The van der Waals surface area contributed by atoms with Crippen molar-refractivity contribution in [1.29, 1.82) is 0 Å². The molecule has 0 radical (unpaired) electrons. The number of para-hydroxylation sites is 1. The summed E-state index contributed by atoms with van der Waals surface area (Å²) in [5, 5.41) is 4.37. The molecule has 0 fully saturated rings. The van der Waals surface area contributed by atoms with Crippen LogP contribution in [0.3, 0.4) is 0 Å². The zero-order valence-electron chi connectivity index (χ0n) is 13.8. The molecule has 0 unspecified atom stereocenters. The second kappa shape index (κ2) is 8.36. The smallest absolute Gasteiger partial charge is 0.277 e. The van der Waals surface area contributed by atoms with E-state index in [-0.39, 0.29) is 12.5 Å². The number of hydrogen-bond donors (Lipinski definition) is 1. The largest absolute Gasteiger partial charge is 0.495 e. The molecule has 0 spiro atoms. The van der Waals surface area contributed by atoms with Crippen molar-refractivity contribution >= 4 is 23.7 Å². The zero-order chi connectivity index (χ0) is 17.5. The summed E-state index contributed by atoms with van der Waals surface area (Å²) >= 11 is 6.02. The highest BCUT2D eigenvalue weighted by Crippen LogP contribution is 2.24. The van der Waals surface area contributed by atoms with Gasteiger partial charge in [0, 0.05) is 0 Å². The monoisotopic (exact) mass is 346 g/mol. The zero-order valence-corrected chi connectivity index (χ0v) is 14.6. The molecular weight excluding hydrogens is 328 g/mol. The van der Waals surface area contributed by atoms with Crippen LogP contribution in [0.1, 0.15) is 16.7 Å². The van der Waals surface area contributed by atoms with Crippen LogP contribution in [-0.4, -0.2) is 25.8 Å². The number of ether oxygens (including phenoxy) is 2. The molecule has 126 valence electrons. The molecule has 2 aromatic rings. The molecule has 0 bridgehead atoms.